The number of nitrogens with two attached hydrogens (primary N) is 2. The smallest absolute Gasteiger partial charge is 0.274 e. The van der Waals surface area contributed by atoms with Crippen LogP contribution in [-0.4, -0.2) is 44.4 Å². The van der Waals surface area contributed by atoms with E-state index >= 15 is 0 Å². The van der Waals surface area contributed by atoms with Gasteiger partial charge in [0.25, 0.3) is 5.91 Å². The number of carbonyl (C=O) groups excluding carboxylic acids is 1. The number of hydrogen-bond acceptors (Lipinski definition) is 7. The molecule has 0 atom stereocenters. The number of amidine groups is 1. The fraction of sp³-hybridized carbons (Fsp3) is 0.238. The van der Waals surface area contributed by atoms with Crippen LogP contribution < -0.4 is 21.7 Å². The molecule has 1 aliphatic carbocycles. The summed E-state index contributed by atoms with van der Waals surface area (Å²) in [7, 11) is 0. The number of imidazole rings is 1. The van der Waals surface area contributed by atoms with E-state index in [-0.39, 0.29) is 11.6 Å². The maximum Gasteiger partial charge on any atom is 0.274 e. The summed E-state index contributed by atoms with van der Waals surface area (Å²) >= 11 is 0. The van der Waals surface area contributed by atoms with Gasteiger partial charge >= 0.3 is 0 Å². The van der Waals surface area contributed by atoms with Crippen molar-refractivity contribution in [1.29, 1.82) is 0 Å². The summed E-state index contributed by atoms with van der Waals surface area (Å²) in [6.45, 7) is 0.739. The van der Waals surface area contributed by atoms with Crippen LogP contribution in [-0.2, 0) is 0 Å². The van der Waals surface area contributed by atoms with Gasteiger partial charge in [0.15, 0.2) is 11.6 Å². The molecule has 1 aromatic carbocycles. The Labute approximate surface area is 178 Å². The molecule has 0 saturated heterocycles. The van der Waals surface area contributed by atoms with E-state index in [1.807, 2.05) is 16.8 Å². The van der Waals surface area contributed by atoms with E-state index < -0.39 is 0 Å². The fourth-order valence-corrected chi connectivity index (χ4v) is 3.58. The number of ether oxygens (including phenoxy) is 1. The topological polar surface area (TPSA) is 137 Å². The molecule has 1 saturated carbocycles. The first kappa shape index (κ1) is 19.1. The normalized spacial score (nSPS) is 17.1. The Balaban J connectivity index is 1.41. The molecule has 0 radical (unpaired) electrons. The SMILES string of the molecule is N/N=C1/c2cccc(NC(=O)c3cc(-n4cnc(C5CC5)c4)ccn3)c2OCCN1N. The molecule has 0 spiro atoms. The summed E-state index contributed by atoms with van der Waals surface area (Å²) < 4.78 is 7.74. The quantitative estimate of drug-likeness (QED) is 0.432. The summed E-state index contributed by atoms with van der Waals surface area (Å²) in [6.07, 6.45) is 7.74. The number of pyridine rings is 1. The van der Waals surface area contributed by atoms with Crippen molar-refractivity contribution in [2.75, 3.05) is 18.5 Å². The number of nitrogens with one attached hydrogen (secondary N) is 1. The zero-order chi connectivity index (χ0) is 21.4. The first-order chi connectivity index (χ1) is 15.1. The van der Waals surface area contributed by atoms with Crippen molar-refractivity contribution < 1.29 is 9.53 Å². The summed E-state index contributed by atoms with van der Waals surface area (Å²) in [5, 5.41) is 8.08. The number of hydrogen-bond donors (Lipinski definition) is 3. The van der Waals surface area contributed by atoms with E-state index in [9.17, 15) is 4.79 Å². The lowest BCUT2D eigenvalue weighted by Gasteiger charge is -2.16. The lowest BCUT2D eigenvalue weighted by atomic mass is 10.1. The second-order valence-corrected chi connectivity index (χ2v) is 7.51. The highest BCUT2D eigenvalue weighted by Gasteiger charge is 2.26. The molecule has 2 aliphatic rings. The molecule has 2 aromatic heterocycles. The highest BCUT2D eigenvalue weighted by Crippen LogP contribution is 2.39. The minimum absolute atomic E-state index is 0.276. The molecule has 1 aliphatic heterocycles. The number of hydrazone groups is 1. The number of hydrazine groups is 1. The van der Waals surface area contributed by atoms with Crippen molar-refractivity contribution in [3.05, 3.63) is 66.0 Å². The maximum absolute atomic E-state index is 13.0. The largest absolute Gasteiger partial charge is 0.489 e. The van der Waals surface area contributed by atoms with Gasteiger partial charge in [-0.05, 0) is 37.1 Å². The highest BCUT2D eigenvalue weighted by molar-refractivity contribution is 6.07. The third-order valence-corrected chi connectivity index (χ3v) is 5.35. The standard InChI is InChI=1S/C21H22N8O2/c22-27-20-15-2-1-3-16(19(15)31-9-8-29(20)23)26-21(30)17-10-14(6-7-24-17)28-11-18(25-12-28)13-4-5-13/h1-3,6-7,10-13H,4-5,8-9,22-23H2,(H,26,30)/b27-20-. The Morgan fingerprint density at radius 1 is 1.26 bits per heavy atom. The van der Waals surface area contributed by atoms with E-state index in [4.69, 9.17) is 16.4 Å². The third kappa shape index (κ3) is 3.68. The predicted octanol–water partition coefficient (Wildman–Crippen LogP) is 1.59. The van der Waals surface area contributed by atoms with Gasteiger partial charge in [-0.25, -0.2) is 10.8 Å². The lowest BCUT2D eigenvalue weighted by molar-refractivity contribution is 0.102. The van der Waals surface area contributed by atoms with Gasteiger partial charge < -0.3 is 20.5 Å². The second kappa shape index (κ2) is 7.73. The molecule has 10 heteroatoms. The van der Waals surface area contributed by atoms with E-state index in [0.29, 0.717) is 41.9 Å². The number of fused-ring (bicyclic) bond motifs is 1. The molecule has 0 bridgehead atoms. The summed E-state index contributed by atoms with van der Waals surface area (Å²) in [6, 6.07) is 8.88. The molecule has 158 valence electrons. The number of rotatable bonds is 4. The Kier molecular flexibility index (Phi) is 4.75. The van der Waals surface area contributed by atoms with Crippen molar-refractivity contribution in [2.45, 2.75) is 18.8 Å². The lowest BCUT2D eigenvalue weighted by Crippen LogP contribution is -2.39. The number of amides is 1. The van der Waals surface area contributed by atoms with Crippen LogP contribution in [0, 0.1) is 0 Å². The molecule has 31 heavy (non-hydrogen) atoms. The van der Waals surface area contributed by atoms with Crippen LogP contribution >= 0.6 is 0 Å². The van der Waals surface area contributed by atoms with Crippen LogP contribution in [0.4, 0.5) is 5.69 Å². The van der Waals surface area contributed by atoms with Crippen LogP contribution in [0.3, 0.4) is 0 Å². The Morgan fingerprint density at radius 3 is 2.94 bits per heavy atom. The fourth-order valence-electron chi connectivity index (χ4n) is 3.58. The van der Waals surface area contributed by atoms with E-state index in [0.717, 1.165) is 11.4 Å². The van der Waals surface area contributed by atoms with Gasteiger partial charge in [-0.15, -0.1) is 0 Å². The molecule has 1 fully saturated rings. The van der Waals surface area contributed by atoms with Crippen LogP contribution in [0.5, 0.6) is 5.75 Å². The van der Waals surface area contributed by atoms with Gasteiger partial charge in [0.2, 0.25) is 0 Å². The van der Waals surface area contributed by atoms with Crippen LogP contribution in [0.2, 0.25) is 0 Å². The second-order valence-electron chi connectivity index (χ2n) is 7.51. The van der Waals surface area contributed by atoms with Crippen molar-refractivity contribution in [1.82, 2.24) is 19.5 Å². The maximum atomic E-state index is 13.0. The summed E-state index contributed by atoms with van der Waals surface area (Å²) in [5.41, 5.74) is 3.27. The zero-order valence-corrected chi connectivity index (χ0v) is 16.7. The summed E-state index contributed by atoms with van der Waals surface area (Å²) in [4.78, 5) is 21.7. The molecule has 10 nitrogen and oxygen atoms in total. The first-order valence-electron chi connectivity index (χ1n) is 10.0. The van der Waals surface area contributed by atoms with E-state index in [1.165, 1.54) is 17.9 Å². The van der Waals surface area contributed by atoms with Crippen LogP contribution in [0.1, 0.15) is 40.5 Å². The average Bonchev–Trinajstić information content (AvgIpc) is 3.54. The van der Waals surface area contributed by atoms with Gasteiger partial charge in [-0.3, -0.25) is 14.8 Å². The minimum atomic E-state index is -0.360. The number of nitrogens with zero attached hydrogens (tertiary/aromatic N) is 5. The Bertz CT molecular complexity index is 1170. The Morgan fingerprint density at radius 2 is 2.13 bits per heavy atom. The molecule has 5 N–H and O–H groups in total. The predicted molar refractivity (Wildman–Crippen MR) is 115 cm³/mol. The molecule has 1 amide bonds. The van der Waals surface area contributed by atoms with Gasteiger partial charge in [0, 0.05) is 18.3 Å². The van der Waals surface area contributed by atoms with Gasteiger partial charge in [-0.2, -0.15) is 5.10 Å². The van der Waals surface area contributed by atoms with Crippen molar-refractivity contribution in [2.24, 2.45) is 16.8 Å². The number of para-hydroxylation sites is 1. The molecular weight excluding hydrogens is 396 g/mol. The average molecular weight is 418 g/mol. The van der Waals surface area contributed by atoms with Crippen LogP contribution in [0.15, 0.2) is 54.2 Å². The van der Waals surface area contributed by atoms with Gasteiger partial charge in [0.1, 0.15) is 12.3 Å². The number of aromatic nitrogens is 3. The first-order valence-corrected chi connectivity index (χ1v) is 10.0. The van der Waals surface area contributed by atoms with Crippen molar-refractivity contribution in [3.63, 3.8) is 0 Å². The number of benzene rings is 1. The molecule has 3 heterocycles. The monoisotopic (exact) mass is 418 g/mol. The van der Waals surface area contributed by atoms with E-state index in [1.54, 1.807) is 36.8 Å². The molecule has 5 rings (SSSR count). The third-order valence-electron chi connectivity index (χ3n) is 5.35. The van der Waals surface area contributed by atoms with Crippen molar-refractivity contribution in [3.8, 4) is 11.4 Å². The number of carbonyl (C=O) groups is 1. The van der Waals surface area contributed by atoms with Gasteiger partial charge in [-0.1, -0.05) is 6.07 Å². The zero-order valence-electron chi connectivity index (χ0n) is 16.7. The summed E-state index contributed by atoms with van der Waals surface area (Å²) in [5.74, 6) is 12.6. The minimum Gasteiger partial charge on any atom is -0.489 e. The molecular formula is C21H22N8O2. The number of anilines is 1. The highest BCUT2D eigenvalue weighted by atomic mass is 16.5. The van der Waals surface area contributed by atoms with Crippen molar-refractivity contribution >= 4 is 17.4 Å². The Hall–Kier alpha value is -3.92. The molecule has 3 aromatic rings. The molecule has 0 unspecified atom stereocenters. The van der Waals surface area contributed by atoms with Crippen LogP contribution in [0.25, 0.3) is 5.69 Å². The van der Waals surface area contributed by atoms with E-state index in [2.05, 4.69) is 20.4 Å². The van der Waals surface area contributed by atoms with Gasteiger partial charge in [0.05, 0.1) is 35.5 Å².